The van der Waals surface area contributed by atoms with Gasteiger partial charge in [-0.1, -0.05) is 0 Å². The van der Waals surface area contributed by atoms with E-state index in [4.69, 9.17) is 10.6 Å². The average Bonchev–Trinajstić information content (AvgIpc) is 2.65. The molecule has 0 bridgehead atoms. The number of methoxy groups -OCH3 is 1. The first kappa shape index (κ1) is 6.99. The summed E-state index contributed by atoms with van der Waals surface area (Å²) in [6.45, 7) is 0.810. The van der Waals surface area contributed by atoms with Crippen molar-refractivity contribution in [1.82, 2.24) is 5.43 Å². The molecule has 0 spiro atoms. The van der Waals surface area contributed by atoms with Gasteiger partial charge >= 0.3 is 0 Å². The first-order chi connectivity index (χ1) is 4.33. The standard InChI is InChI=1S/C6H14N2O/c1-9-5-4-6(8-7)2-3-6/h8H,2-5,7H2,1H3. The van der Waals surface area contributed by atoms with Crippen molar-refractivity contribution in [2.24, 2.45) is 5.84 Å². The first-order valence-corrected chi connectivity index (χ1v) is 3.30. The quantitative estimate of drug-likeness (QED) is 0.416. The van der Waals surface area contributed by atoms with Crippen LogP contribution in [0.3, 0.4) is 0 Å². The van der Waals surface area contributed by atoms with Gasteiger partial charge < -0.3 is 4.74 Å². The van der Waals surface area contributed by atoms with E-state index in [9.17, 15) is 0 Å². The summed E-state index contributed by atoms with van der Waals surface area (Å²) in [5.41, 5.74) is 3.05. The molecular weight excluding hydrogens is 116 g/mol. The molecule has 0 aromatic rings. The summed E-state index contributed by atoms with van der Waals surface area (Å²) >= 11 is 0. The van der Waals surface area contributed by atoms with E-state index in [0.717, 1.165) is 13.0 Å². The zero-order valence-electron chi connectivity index (χ0n) is 5.81. The maximum atomic E-state index is 5.30. The number of nitrogens with one attached hydrogen (secondary N) is 1. The van der Waals surface area contributed by atoms with Crippen LogP contribution in [0.1, 0.15) is 19.3 Å². The normalized spacial score (nSPS) is 22.0. The van der Waals surface area contributed by atoms with Crippen molar-refractivity contribution in [2.45, 2.75) is 24.8 Å². The maximum Gasteiger partial charge on any atom is 0.0480 e. The minimum Gasteiger partial charge on any atom is -0.385 e. The molecule has 0 aromatic heterocycles. The second-order valence-electron chi connectivity index (χ2n) is 2.67. The molecule has 0 atom stereocenters. The highest BCUT2D eigenvalue weighted by Crippen LogP contribution is 2.37. The summed E-state index contributed by atoms with van der Waals surface area (Å²) in [6.07, 6.45) is 3.44. The molecule has 1 saturated carbocycles. The summed E-state index contributed by atoms with van der Waals surface area (Å²) in [6, 6.07) is 0. The summed E-state index contributed by atoms with van der Waals surface area (Å²) in [5, 5.41) is 0. The zero-order valence-corrected chi connectivity index (χ0v) is 5.81. The monoisotopic (exact) mass is 130 g/mol. The van der Waals surface area contributed by atoms with Gasteiger partial charge in [0.05, 0.1) is 0 Å². The molecular formula is C6H14N2O. The predicted octanol–water partition coefficient (Wildman–Crippen LogP) is 0.0188. The number of nitrogens with two attached hydrogens (primary N) is 1. The largest absolute Gasteiger partial charge is 0.385 e. The average molecular weight is 130 g/mol. The van der Waals surface area contributed by atoms with Crippen molar-refractivity contribution in [1.29, 1.82) is 0 Å². The fourth-order valence-corrected chi connectivity index (χ4v) is 0.915. The van der Waals surface area contributed by atoms with Crippen molar-refractivity contribution >= 4 is 0 Å². The van der Waals surface area contributed by atoms with Gasteiger partial charge in [0, 0.05) is 19.3 Å². The molecule has 54 valence electrons. The highest BCUT2D eigenvalue weighted by Gasteiger charge is 2.40. The molecule has 0 heterocycles. The third kappa shape index (κ3) is 1.64. The molecule has 3 N–H and O–H groups in total. The van der Waals surface area contributed by atoms with Gasteiger partial charge in [-0.3, -0.25) is 11.3 Å². The third-order valence-electron chi connectivity index (χ3n) is 1.94. The molecule has 0 amide bonds. The topological polar surface area (TPSA) is 47.3 Å². The van der Waals surface area contributed by atoms with Gasteiger partial charge in [-0.05, 0) is 19.3 Å². The van der Waals surface area contributed by atoms with Gasteiger partial charge in [0.1, 0.15) is 0 Å². The fourth-order valence-electron chi connectivity index (χ4n) is 0.915. The van der Waals surface area contributed by atoms with Crippen molar-refractivity contribution < 1.29 is 4.74 Å². The molecule has 1 aliphatic carbocycles. The number of hydrogen-bond acceptors (Lipinski definition) is 3. The van der Waals surface area contributed by atoms with Crippen LogP contribution in [0.15, 0.2) is 0 Å². The van der Waals surface area contributed by atoms with Gasteiger partial charge in [0.15, 0.2) is 0 Å². The Kier molecular flexibility index (Phi) is 2.05. The molecule has 3 heteroatoms. The van der Waals surface area contributed by atoms with E-state index >= 15 is 0 Å². The van der Waals surface area contributed by atoms with Crippen LogP contribution >= 0.6 is 0 Å². The minimum absolute atomic E-state index is 0.246. The minimum atomic E-state index is 0.246. The van der Waals surface area contributed by atoms with Gasteiger partial charge in [-0.2, -0.15) is 0 Å². The molecule has 1 aliphatic rings. The summed E-state index contributed by atoms with van der Waals surface area (Å²) in [7, 11) is 1.71. The van der Waals surface area contributed by atoms with Crippen molar-refractivity contribution in [3.05, 3.63) is 0 Å². The molecule has 1 fully saturated rings. The van der Waals surface area contributed by atoms with Crippen LogP contribution in [0.5, 0.6) is 0 Å². The molecule has 0 aromatic carbocycles. The van der Waals surface area contributed by atoms with Gasteiger partial charge in [0.25, 0.3) is 0 Å². The summed E-state index contributed by atoms with van der Waals surface area (Å²) < 4.78 is 4.92. The molecule has 1 rings (SSSR count). The Morgan fingerprint density at radius 2 is 2.33 bits per heavy atom. The molecule has 3 nitrogen and oxygen atoms in total. The van der Waals surface area contributed by atoms with E-state index in [1.807, 2.05) is 0 Å². The van der Waals surface area contributed by atoms with Crippen molar-refractivity contribution in [3.8, 4) is 0 Å². The van der Waals surface area contributed by atoms with E-state index in [1.54, 1.807) is 7.11 Å². The Hall–Kier alpha value is -0.120. The maximum absolute atomic E-state index is 5.30. The highest BCUT2D eigenvalue weighted by molar-refractivity contribution is 4.99. The summed E-state index contributed by atoms with van der Waals surface area (Å²) in [5.74, 6) is 5.30. The Morgan fingerprint density at radius 1 is 1.67 bits per heavy atom. The smallest absolute Gasteiger partial charge is 0.0480 e. The highest BCUT2D eigenvalue weighted by atomic mass is 16.5. The second-order valence-corrected chi connectivity index (χ2v) is 2.67. The Morgan fingerprint density at radius 3 is 2.67 bits per heavy atom. The molecule has 0 saturated heterocycles. The number of ether oxygens (including phenoxy) is 1. The first-order valence-electron chi connectivity index (χ1n) is 3.30. The van der Waals surface area contributed by atoms with Crippen LogP contribution in [0.4, 0.5) is 0 Å². The lowest BCUT2D eigenvalue weighted by molar-refractivity contribution is 0.179. The lowest BCUT2D eigenvalue weighted by Gasteiger charge is -2.11. The lowest BCUT2D eigenvalue weighted by Crippen LogP contribution is -2.37. The number of hydrogen-bond donors (Lipinski definition) is 2. The molecule has 0 aliphatic heterocycles. The Balaban J connectivity index is 2.10. The van der Waals surface area contributed by atoms with Crippen LogP contribution in [0.2, 0.25) is 0 Å². The van der Waals surface area contributed by atoms with E-state index in [1.165, 1.54) is 12.8 Å². The molecule has 0 unspecified atom stereocenters. The van der Waals surface area contributed by atoms with E-state index in [0.29, 0.717) is 0 Å². The second kappa shape index (κ2) is 2.64. The predicted molar refractivity (Wildman–Crippen MR) is 35.8 cm³/mol. The van der Waals surface area contributed by atoms with E-state index in [2.05, 4.69) is 5.43 Å². The van der Waals surface area contributed by atoms with Crippen LogP contribution < -0.4 is 11.3 Å². The van der Waals surface area contributed by atoms with Crippen molar-refractivity contribution in [3.63, 3.8) is 0 Å². The van der Waals surface area contributed by atoms with Gasteiger partial charge in [0.2, 0.25) is 0 Å². The Labute approximate surface area is 55.5 Å². The van der Waals surface area contributed by atoms with Crippen LogP contribution in [-0.2, 0) is 4.74 Å². The van der Waals surface area contributed by atoms with E-state index < -0.39 is 0 Å². The van der Waals surface area contributed by atoms with E-state index in [-0.39, 0.29) is 5.54 Å². The number of rotatable bonds is 4. The van der Waals surface area contributed by atoms with Crippen molar-refractivity contribution in [2.75, 3.05) is 13.7 Å². The molecule has 9 heavy (non-hydrogen) atoms. The number of hydrazine groups is 1. The van der Waals surface area contributed by atoms with Crippen LogP contribution in [0, 0.1) is 0 Å². The molecule has 0 radical (unpaired) electrons. The third-order valence-corrected chi connectivity index (χ3v) is 1.94. The van der Waals surface area contributed by atoms with Gasteiger partial charge in [-0.15, -0.1) is 0 Å². The lowest BCUT2D eigenvalue weighted by atomic mass is 10.2. The zero-order chi connectivity index (χ0) is 6.74. The SMILES string of the molecule is COCCC1(NN)CC1. The Bertz CT molecular complexity index is 91.1. The van der Waals surface area contributed by atoms with Gasteiger partial charge in [-0.25, -0.2) is 0 Å². The summed E-state index contributed by atoms with van der Waals surface area (Å²) in [4.78, 5) is 0. The van der Waals surface area contributed by atoms with Crippen LogP contribution in [0.25, 0.3) is 0 Å². The van der Waals surface area contributed by atoms with Crippen LogP contribution in [-0.4, -0.2) is 19.3 Å². The fraction of sp³-hybridized carbons (Fsp3) is 1.00.